The second kappa shape index (κ2) is 9.86. The van der Waals surface area contributed by atoms with E-state index in [1.807, 2.05) is 33.8 Å². The number of ether oxygens (including phenoxy) is 1. The summed E-state index contributed by atoms with van der Waals surface area (Å²) in [5.41, 5.74) is 20.0. The minimum Gasteiger partial charge on any atom is -0.478 e. The Morgan fingerprint density at radius 1 is 1.08 bits per heavy atom. The Kier molecular flexibility index (Phi) is 7.51. The summed E-state index contributed by atoms with van der Waals surface area (Å²) >= 11 is 0. The molecular weight excluding hydrogens is 486 g/mol. The van der Waals surface area contributed by atoms with Crippen molar-refractivity contribution in [3.8, 4) is 0 Å². The zero-order valence-corrected chi connectivity index (χ0v) is 23.2. The Morgan fingerprint density at radius 3 is 2.32 bits per heavy atom. The molecule has 4 fully saturated rings. The van der Waals surface area contributed by atoms with Crippen molar-refractivity contribution in [2.45, 2.75) is 103 Å². The van der Waals surface area contributed by atoms with E-state index in [1.165, 1.54) is 6.92 Å². The van der Waals surface area contributed by atoms with Crippen molar-refractivity contribution < 1.29 is 29.6 Å². The Balaban J connectivity index is 1.88. The van der Waals surface area contributed by atoms with Gasteiger partial charge in [-0.3, -0.25) is 4.79 Å². The molecule has 0 heterocycles. The Bertz CT molecular complexity index is 1080. The van der Waals surface area contributed by atoms with E-state index in [9.17, 15) is 24.9 Å². The van der Waals surface area contributed by atoms with Crippen molar-refractivity contribution in [3.63, 3.8) is 0 Å². The van der Waals surface area contributed by atoms with Gasteiger partial charge >= 0.3 is 11.9 Å². The van der Waals surface area contributed by atoms with Crippen LogP contribution in [0.15, 0.2) is 34.9 Å². The number of rotatable bonds is 4. The number of aliphatic carboxylic acids is 1. The lowest BCUT2D eigenvalue weighted by Gasteiger charge is -2.69. The topological polar surface area (TPSA) is 182 Å². The molecular formula is C29H45N3O6. The van der Waals surface area contributed by atoms with Crippen LogP contribution in [0.4, 0.5) is 0 Å². The normalized spacial score (nSPS) is 47.5. The van der Waals surface area contributed by atoms with E-state index in [4.69, 9.17) is 21.9 Å². The maximum Gasteiger partial charge on any atom is 0.335 e. The van der Waals surface area contributed by atoms with E-state index < -0.39 is 70.5 Å². The third-order valence-corrected chi connectivity index (χ3v) is 10.7. The third-order valence-electron chi connectivity index (χ3n) is 10.7. The summed E-state index contributed by atoms with van der Waals surface area (Å²) in [4.78, 5) is 24.7. The zero-order chi connectivity index (χ0) is 28.4. The highest BCUT2D eigenvalue weighted by Gasteiger charge is 2.72. The fraction of sp³-hybridized carbons (Fsp3) is 0.724. The van der Waals surface area contributed by atoms with Crippen LogP contribution in [0, 0.1) is 28.6 Å². The lowest BCUT2D eigenvalue weighted by Crippen LogP contribution is -2.78. The molecule has 0 saturated heterocycles. The summed E-state index contributed by atoms with van der Waals surface area (Å²) in [6.07, 6.45) is 4.81. The lowest BCUT2D eigenvalue weighted by molar-refractivity contribution is -0.199. The van der Waals surface area contributed by atoms with Gasteiger partial charge in [-0.15, -0.1) is 0 Å². The molecule has 0 bridgehead atoms. The van der Waals surface area contributed by atoms with Crippen LogP contribution < -0.4 is 17.2 Å². The molecule has 9 nitrogen and oxygen atoms in total. The van der Waals surface area contributed by atoms with Gasteiger partial charge < -0.3 is 37.3 Å². The van der Waals surface area contributed by atoms with Gasteiger partial charge in [0.1, 0.15) is 6.10 Å². The predicted octanol–water partition coefficient (Wildman–Crippen LogP) is 1.76. The van der Waals surface area contributed by atoms with E-state index >= 15 is 0 Å². The number of fused-ring (bicyclic) bond motifs is 5. The fourth-order valence-corrected chi connectivity index (χ4v) is 8.88. The Labute approximate surface area is 225 Å². The fourth-order valence-electron chi connectivity index (χ4n) is 8.88. The molecule has 0 aromatic rings. The van der Waals surface area contributed by atoms with Crippen LogP contribution in [0.3, 0.4) is 0 Å². The van der Waals surface area contributed by atoms with Gasteiger partial charge in [-0.25, -0.2) is 4.79 Å². The molecule has 9 N–H and O–H groups in total. The average molecular weight is 532 g/mol. The predicted molar refractivity (Wildman–Crippen MR) is 143 cm³/mol. The summed E-state index contributed by atoms with van der Waals surface area (Å²) in [6, 6.07) is -0.874. The molecule has 9 heteroatoms. The first-order valence-electron chi connectivity index (χ1n) is 13.7. The molecule has 38 heavy (non-hydrogen) atoms. The van der Waals surface area contributed by atoms with Gasteiger partial charge in [0.05, 0.1) is 17.8 Å². The van der Waals surface area contributed by atoms with Gasteiger partial charge in [0, 0.05) is 30.5 Å². The number of nitrogens with two attached hydrogens (primary N) is 3. The van der Waals surface area contributed by atoms with Crippen molar-refractivity contribution >= 4 is 11.9 Å². The standard InChI is InChI=1S/C29H45N3O6/c1-14(2)7-6-8-16(26(36)37)23-18-11-20(35)25-28(5)17(24(31)19(34)12-22(28)30)9-10-29(25,32)27(18,4)13-21(23)38-15(3)33/h6-8,17-22,24-25,34-35H,9-13,30-32H2,1-5H3,(H,36,37)/b8-6-,23-16-/t17-,18-,19+,20+,21-,22-,24-,25-,27-,28+,29+/m0/s1. The molecule has 4 rings (SSSR count). The molecule has 0 amide bonds. The first kappa shape index (κ1) is 29.0. The van der Waals surface area contributed by atoms with E-state index in [0.29, 0.717) is 31.3 Å². The number of aliphatic hydroxyl groups excluding tert-OH is 2. The van der Waals surface area contributed by atoms with Crippen molar-refractivity contribution in [2.75, 3.05) is 0 Å². The van der Waals surface area contributed by atoms with Gasteiger partial charge in [-0.05, 0) is 80.3 Å². The van der Waals surface area contributed by atoms with E-state index in [-0.39, 0.29) is 17.9 Å². The van der Waals surface area contributed by atoms with Gasteiger partial charge in [-0.2, -0.15) is 0 Å². The second-order valence-electron chi connectivity index (χ2n) is 12.9. The molecule has 0 spiro atoms. The largest absolute Gasteiger partial charge is 0.478 e. The molecule has 4 saturated carbocycles. The highest BCUT2D eigenvalue weighted by molar-refractivity contribution is 5.91. The first-order chi connectivity index (χ1) is 17.6. The molecule has 4 aliphatic carbocycles. The first-order valence-corrected chi connectivity index (χ1v) is 13.7. The summed E-state index contributed by atoms with van der Waals surface area (Å²) < 4.78 is 5.76. The smallest absolute Gasteiger partial charge is 0.335 e. The summed E-state index contributed by atoms with van der Waals surface area (Å²) in [5.74, 6) is -2.56. The second-order valence-corrected chi connectivity index (χ2v) is 12.9. The molecule has 0 radical (unpaired) electrons. The maximum atomic E-state index is 12.5. The molecule has 0 aromatic heterocycles. The number of carboxylic acid groups (broad SMARTS) is 1. The van der Waals surface area contributed by atoms with Crippen LogP contribution in [0.1, 0.15) is 66.7 Å². The Hall–Kier alpha value is -2.04. The number of carbonyl (C=O) groups is 2. The van der Waals surface area contributed by atoms with Crippen LogP contribution >= 0.6 is 0 Å². The minimum absolute atomic E-state index is 0.0659. The maximum absolute atomic E-state index is 12.5. The average Bonchev–Trinajstić information content (AvgIpc) is 3.06. The number of carbonyl (C=O) groups excluding carboxylic acids is 1. The molecule has 212 valence electrons. The van der Waals surface area contributed by atoms with E-state index in [1.54, 1.807) is 12.2 Å². The molecule has 0 unspecified atom stereocenters. The molecule has 0 aliphatic heterocycles. The monoisotopic (exact) mass is 531 g/mol. The van der Waals surface area contributed by atoms with Gasteiger partial charge in [-0.1, -0.05) is 31.6 Å². The van der Waals surface area contributed by atoms with E-state index in [0.717, 1.165) is 5.57 Å². The number of aliphatic hydroxyl groups is 2. The van der Waals surface area contributed by atoms with Crippen molar-refractivity contribution in [3.05, 3.63) is 34.9 Å². The zero-order valence-electron chi connectivity index (χ0n) is 23.2. The van der Waals surface area contributed by atoms with E-state index in [2.05, 4.69) is 0 Å². The van der Waals surface area contributed by atoms with Crippen molar-refractivity contribution in [2.24, 2.45) is 45.8 Å². The third kappa shape index (κ3) is 4.18. The van der Waals surface area contributed by atoms with Crippen LogP contribution in [-0.4, -0.2) is 63.2 Å². The van der Waals surface area contributed by atoms with Gasteiger partial charge in [0.15, 0.2) is 0 Å². The van der Waals surface area contributed by atoms with Gasteiger partial charge in [0.2, 0.25) is 0 Å². The summed E-state index contributed by atoms with van der Waals surface area (Å²) in [6.45, 7) is 9.25. The number of carboxylic acids is 1. The summed E-state index contributed by atoms with van der Waals surface area (Å²) in [7, 11) is 0. The Morgan fingerprint density at radius 2 is 1.74 bits per heavy atom. The minimum atomic E-state index is -1.12. The number of hydrogen-bond donors (Lipinski definition) is 6. The lowest BCUT2D eigenvalue weighted by atomic mass is 9.38. The van der Waals surface area contributed by atoms with Crippen LogP contribution in [0.25, 0.3) is 0 Å². The quantitative estimate of drug-likeness (QED) is 0.179. The molecule has 4 aliphatic rings. The van der Waals surface area contributed by atoms with Crippen molar-refractivity contribution in [1.29, 1.82) is 0 Å². The number of hydrogen-bond acceptors (Lipinski definition) is 8. The molecule has 0 aromatic carbocycles. The SMILES string of the molecule is CC(=O)O[C@H]1C[C@@]2(C)[C@@H](C[C@@H](O)[C@H]3[C@@]4(C)[C@@H](N)C[C@@H](O)[C@@H](N)[C@@H]4CC[C@@]32N)/C1=C(\C=C/C=C(C)C)C(=O)O. The van der Waals surface area contributed by atoms with Crippen LogP contribution in [0.2, 0.25) is 0 Å². The number of esters is 1. The summed E-state index contributed by atoms with van der Waals surface area (Å²) in [5, 5.41) is 32.7. The highest BCUT2D eigenvalue weighted by Crippen LogP contribution is 2.69. The van der Waals surface area contributed by atoms with Crippen LogP contribution in [-0.2, 0) is 14.3 Å². The number of allylic oxidation sites excluding steroid dienone is 3. The van der Waals surface area contributed by atoms with Crippen LogP contribution in [0.5, 0.6) is 0 Å². The van der Waals surface area contributed by atoms with Gasteiger partial charge in [0.25, 0.3) is 0 Å². The molecule has 11 atom stereocenters. The highest BCUT2D eigenvalue weighted by atomic mass is 16.5. The van der Waals surface area contributed by atoms with Crippen molar-refractivity contribution in [1.82, 2.24) is 0 Å².